The fourth-order valence-electron chi connectivity index (χ4n) is 1.37. The Bertz CT molecular complexity index is 509. The van der Waals surface area contributed by atoms with Crippen LogP contribution in [0.2, 0.25) is 0 Å². The molecular weight excluding hydrogens is 421 g/mol. The third-order valence-corrected chi connectivity index (χ3v) is 3.15. The number of halogens is 15. The van der Waals surface area contributed by atoms with Crippen LogP contribution < -0.4 is 0 Å². The summed E-state index contributed by atoms with van der Waals surface area (Å²) >= 11 is 0. The maximum absolute atomic E-state index is 13.1. The van der Waals surface area contributed by atoms with Crippen LogP contribution in [0.15, 0.2) is 0 Å². The van der Waals surface area contributed by atoms with E-state index in [0.717, 1.165) is 0 Å². The quantitative estimate of drug-likeness (QED) is 0.522. The van der Waals surface area contributed by atoms with Gasteiger partial charge in [-0.2, -0.15) is 65.9 Å². The highest BCUT2D eigenvalue weighted by molar-refractivity contribution is 5.15. The highest BCUT2D eigenvalue weighted by Gasteiger charge is 2.93. The molecule has 0 bridgehead atoms. The second kappa shape index (κ2) is 6.22. The summed E-state index contributed by atoms with van der Waals surface area (Å²) in [6, 6.07) is 0. The van der Waals surface area contributed by atoms with Crippen molar-refractivity contribution in [2.75, 3.05) is 0 Å². The second-order valence-electron chi connectivity index (χ2n) is 4.81. The number of aliphatic hydroxyl groups is 1. The summed E-state index contributed by atoms with van der Waals surface area (Å²) < 4.78 is 192. The Labute approximate surface area is 133 Å². The minimum absolute atomic E-state index is 0.00261. The molecule has 0 aromatic rings. The molecule has 0 aliphatic heterocycles. The van der Waals surface area contributed by atoms with E-state index in [9.17, 15) is 65.9 Å². The van der Waals surface area contributed by atoms with Gasteiger partial charge >= 0.3 is 47.8 Å². The van der Waals surface area contributed by atoms with E-state index in [4.69, 9.17) is 5.11 Å². The minimum Gasteiger partial charge on any atom is -0.352 e. The predicted octanol–water partition coefficient (Wildman–Crippen LogP) is 5.29. The molecule has 0 aliphatic rings. The zero-order valence-corrected chi connectivity index (χ0v) is 11.8. The number of hydrogen-bond donors (Lipinski definition) is 1. The number of rotatable bonds is 8. The highest BCUT2D eigenvalue weighted by atomic mass is 19.4. The van der Waals surface area contributed by atoms with Gasteiger partial charge in [0.25, 0.3) is 0 Å². The van der Waals surface area contributed by atoms with Gasteiger partial charge in [0.05, 0.1) is 0 Å². The van der Waals surface area contributed by atoms with Crippen LogP contribution in [0.1, 0.15) is 13.3 Å². The Morgan fingerprint density at radius 3 is 1.12 bits per heavy atom. The molecule has 0 fully saturated rings. The lowest BCUT2D eigenvalue weighted by atomic mass is 9.88. The Hall–Kier alpha value is -1.09. The van der Waals surface area contributed by atoms with Gasteiger partial charge in [-0.25, -0.2) is 0 Å². The molecule has 0 saturated heterocycles. The maximum Gasteiger partial charge on any atom is 0.384 e. The largest absolute Gasteiger partial charge is 0.384 e. The molecule has 0 aliphatic carbocycles. The molecule has 157 valence electrons. The summed E-state index contributed by atoms with van der Waals surface area (Å²) in [5.41, 5.74) is 0. The molecule has 1 radical (unpaired) electrons. The molecule has 0 spiro atoms. The van der Waals surface area contributed by atoms with E-state index >= 15 is 0 Å². The van der Waals surface area contributed by atoms with Gasteiger partial charge in [-0.3, -0.25) is 0 Å². The first-order chi connectivity index (χ1) is 11.0. The fraction of sp³-hybridized carbons (Fsp3) is 0.900. The highest BCUT2D eigenvalue weighted by Crippen LogP contribution is 2.62. The number of hydrogen-bond acceptors (Lipinski definition) is 1. The molecule has 1 unspecified atom stereocenters. The standard InChI is InChI=1S/C10H6F15O/c1-2-4(13,14)6(16,17)8(20,21)10(24,25)9(22,23)7(18,19)5(15,26)3(11)12/h26H,2H2,1H3. The summed E-state index contributed by atoms with van der Waals surface area (Å²) in [7, 11) is 0. The molecule has 1 N–H and O–H groups in total. The van der Waals surface area contributed by atoms with Crippen molar-refractivity contribution in [3.8, 4) is 0 Å². The summed E-state index contributed by atoms with van der Waals surface area (Å²) in [6.45, 7) is 0.00261. The second-order valence-corrected chi connectivity index (χ2v) is 4.81. The van der Waals surface area contributed by atoms with Crippen LogP contribution in [-0.2, 0) is 0 Å². The van der Waals surface area contributed by atoms with Crippen molar-refractivity contribution in [2.45, 2.75) is 54.7 Å². The Morgan fingerprint density at radius 1 is 0.577 bits per heavy atom. The van der Waals surface area contributed by atoms with Gasteiger partial charge in [-0.15, -0.1) is 0 Å². The zero-order valence-electron chi connectivity index (χ0n) is 11.8. The summed E-state index contributed by atoms with van der Waals surface area (Å²) in [5.74, 6) is -52.8. The SMILES string of the molecule is CCC(F)(F)C(F)(F)C(F)(F)C(F)(F)C(F)(F)C(F)(F)C(O)(F)[C](F)F. The van der Waals surface area contributed by atoms with Crippen molar-refractivity contribution in [3.63, 3.8) is 0 Å². The molecule has 0 saturated carbocycles. The van der Waals surface area contributed by atoms with E-state index in [1.807, 2.05) is 0 Å². The molecule has 0 aromatic carbocycles. The molecule has 16 heteroatoms. The minimum atomic E-state index is -8.24. The lowest BCUT2D eigenvalue weighted by Gasteiger charge is -2.42. The fourth-order valence-corrected chi connectivity index (χ4v) is 1.37. The molecule has 0 aromatic heterocycles. The monoisotopic (exact) mass is 427 g/mol. The normalized spacial score (nSPS) is 18.2. The maximum atomic E-state index is 13.1. The molecule has 0 rings (SSSR count). The summed E-state index contributed by atoms with van der Waals surface area (Å²) in [6.07, 6.45) is -7.10. The van der Waals surface area contributed by atoms with E-state index in [0.29, 0.717) is 0 Å². The van der Waals surface area contributed by atoms with E-state index in [-0.39, 0.29) is 6.92 Å². The van der Waals surface area contributed by atoms with Gasteiger partial charge in [-0.05, 0) is 0 Å². The molecule has 0 heterocycles. The van der Waals surface area contributed by atoms with E-state index in [2.05, 4.69) is 0 Å². The van der Waals surface area contributed by atoms with E-state index in [1.165, 1.54) is 0 Å². The van der Waals surface area contributed by atoms with Gasteiger partial charge in [0.2, 0.25) is 0 Å². The summed E-state index contributed by atoms with van der Waals surface area (Å²) in [4.78, 5) is 0. The molecule has 0 amide bonds. The molecule has 26 heavy (non-hydrogen) atoms. The van der Waals surface area contributed by atoms with Gasteiger partial charge < -0.3 is 5.11 Å². The first-order valence-corrected chi connectivity index (χ1v) is 5.87. The van der Waals surface area contributed by atoms with Crippen LogP contribution in [0.25, 0.3) is 0 Å². The van der Waals surface area contributed by atoms with Crippen molar-refractivity contribution in [1.29, 1.82) is 0 Å². The van der Waals surface area contributed by atoms with Crippen LogP contribution in [0.3, 0.4) is 0 Å². The van der Waals surface area contributed by atoms with Crippen LogP contribution in [0.5, 0.6) is 0 Å². The van der Waals surface area contributed by atoms with Crippen molar-refractivity contribution >= 4 is 0 Å². The topological polar surface area (TPSA) is 20.2 Å². The average molecular weight is 427 g/mol. The van der Waals surface area contributed by atoms with Crippen LogP contribution in [0.4, 0.5) is 65.9 Å². The van der Waals surface area contributed by atoms with E-state index in [1.54, 1.807) is 0 Å². The Kier molecular flexibility index (Phi) is 5.96. The van der Waals surface area contributed by atoms with Crippen molar-refractivity contribution in [2.24, 2.45) is 0 Å². The third-order valence-electron chi connectivity index (χ3n) is 3.15. The van der Waals surface area contributed by atoms with Gasteiger partial charge in [-0.1, -0.05) is 6.92 Å². The van der Waals surface area contributed by atoms with Crippen LogP contribution in [-0.4, -0.2) is 46.5 Å². The third kappa shape index (κ3) is 2.87. The lowest BCUT2D eigenvalue weighted by molar-refractivity contribution is -0.448. The van der Waals surface area contributed by atoms with Crippen molar-refractivity contribution < 1.29 is 71.0 Å². The van der Waals surface area contributed by atoms with Crippen LogP contribution >= 0.6 is 0 Å². The first kappa shape index (κ1) is 24.9. The predicted molar refractivity (Wildman–Crippen MR) is 51.5 cm³/mol. The molecule has 1 nitrogen and oxygen atoms in total. The zero-order chi connectivity index (χ0) is 21.8. The Balaban J connectivity index is 6.54. The molecular formula is C10H6F15O. The van der Waals surface area contributed by atoms with Gasteiger partial charge in [0.15, 0.2) is 0 Å². The average Bonchev–Trinajstić information content (AvgIpc) is 2.45. The number of alkyl halides is 13. The lowest BCUT2D eigenvalue weighted by Crippen LogP contribution is -2.73. The smallest absolute Gasteiger partial charge is 0.352 e. The van der Waals surface area contributed by atoms with Crippen molar-refractivity contribution in [3.05, 3.63) is 6.43 Å². The summed E-state index contributed by atoms with van der Waals surface area (Å²) in [5, 5.41) is 7.90. The first-order valence-electron chi connectivity index (χ1n) is 5.87. The molecule has 1 atom stereocenters. The van der Waals surface area contributed by atoms with Crippen molar-refractivity contribution in [1.82, 2.24) is 0 Å². The van der Waals surface area contributed by atoms with Gasteiger partial charge in [0.1, 0.15) is 0 Å². The van der Waals surface area contributed by atoms with Gasteiger partial charge in [0, 0.05) is 6.42 Å². The Morgan fingerprint density at radius 2 is 0.846 bits per heavy atom. The van der Waals surface area contributed by atoms with E-state index < -0.39 is 54.2 Å². The van der Waals surface area contributed by atoms with Crippen LogP contribution in [0, 0.1) is 6.43 Å².